The number of likely N-dealkylation sites (N-methyl/N-ethyl adjacent to an activating group) is 1. The van der Waals surface area contributed by atoms with Crippen molar-refractivity contribution in [3.63, 3.8) is 0 Å². The lowest BCUT2D eigenvalue weighted by Crippen LogP contribution is -2.24. The molecule has 2 aromatic carbocycles. The van der Waals surface area contributed by atoms with Gasteiger partial charge in [0.25, 0.3) is 5.56 Å². The SMILES string of the molecule is Cc1ccccc1-c1cc2cnc(Nc3ccc(OC4CCN(C)C4)cc3)nc2n(Cc2cnsc2-c2ccncc2)c1=O. The van der Waals surface area contributed by atoms with E-state index in [1.807, 2.05) is 79.9 Å². The van der Waals surface area contributed by atoms with Crippen molar-refractivity contribution in [1.82, 2.24) is 28.8 Å². The number of anilines is 2. The third-order valence-electron chi connectivity index (χ3n) is 7.94. The van der Waals surface area contributed by atoms with Crippen LogP contribution in [0.25, 0.3) is 32.6 Å². The van der Waals surface area contributed by atoms with Crippen molar-refractivity contribution in [3.8, 4) is 27.3 Å². The van der Waals surface area contributed by atoms with Crippen LogP contribution in [0.3, 0.4) is 0 Å². The van der Waals surface area contributed by atoms with Gasteiger partial charge in [-0.15, -0.1) is 0 Å². The number of pyridine rings is 2. The van der Waals surface area contributed by atoms with Crippen LogP contribution in [-0.2, 0) is 6.54 Å². The minimum absolute atomic E-state index is 0.123. The fraction of sp³-hybridized carbons (Fsp3) is 0.206. The molecule has 9 nitrogen and oxygen atoms in total. The lowest BCUT2D eigenvalue weighted by atomic mass is 10.0. The molecule has 1 saturated heterocycles. The molecular weight excluding hydrogens is 570 g/mol. The summed E-state index contributed by atoms with van der Waals surface area (Å²) in [6.45, 7) is 4.31. The second-order valence-corrected chi connectivity index (χ2v) is 11.9. The van der Waals surface area contributed by atoms with E-state index in [9.17, 15) is 4.79 Å². The number of hydrogen-bond acceptors (Lipinski definition) is 9. The van der Waals surface area contributed by atoms with Gasteiger partial charge in [0.15, 0.2) is 0 Å². The highest BCUT2D eigenvalue weighted by atomic mass is 32.1. The van der Waals surface area contributed by atoms with E-state index in [1.165, 1.54) is 11.5 Å². The van der Waals surface area contributed by atoms with Crippen LogP contribution in [-0.4, -0.2) is 55.0 Å². The Hall–Kier alpha value is -4.93. The number of aryl methyl sites for hydroxylation is 1. The van der Waals surface area contributed by atoms with E-state index >= 15 is 0 Å². The summed E-state index contributed by atoms with van der Waals surface area (Å²) in [7, 11) is 2.11. The van der Waals surface area contributed by atoms with E-state index in [2.05, 4.69) is 31.6 Å². The molecular formula is C34H31N7O2S. The van der Waals surface area contributed by atoms with Crippen LogP contribution in [0.4, 0.5) is 11.6 Å². The Labute approximate surface area is 259 Å². The van der Waals surface area contributed by atoms with Crippen LogP contribution < -0.4 is 15.6 Å². The van der Waals surface area contributed by atoms with Gasteiger partial charge in [-0.1, -0.05) is 24.3 Å². The van der Waals surface area contributed by atoms with Gasteiger partial charge in [-0.05, 0) is 91.1 Å². The van der Waals surface area contributed by atoms with Crippen LogP contribution in [0, 0.1) is 6.92 Å². The number of likely N-dealkylation sites (tertiary alicyclic amines) is 1. The summed E-state index contributed by atoms with van der Waals surface area (Å²) in [6, 6.07) is 21.5. The quantitative estimate of drug-likeness (QED) is 0.222. The molecule has 0 amide bonds. The monoisotopic (exact) mass is 601 g/mol. The zero-order valence-electron chi connectivity index (χ0n) is 24.5. The number of benzene rings is 2. The summed E-state index contributed by atoms with van der Waals surface area (Å²) < 4.78 is 12.3. The maximum atomic E-state index is 14.2. The normalized spacial score (nSPS) is 15.1. The van der Waals surface area contributed by atoms with E-state index in [0.29, 0.717) is 23.7 Å². The molecule has 7 rings (SSSR count). The first kappa shape index (κ1) is 27.9. The molecule has 1 fully saturated rings. The lowest BCUT2D eigenvalue weighted by Gasteiger charge is -2.15. The van der Waals surface area contributed by atoms with Crippen molar-refractivity contribution < 1.29 is 4.74 Å². The summed E-state index contributed by atoms with van der Waals surface area (Å²) >= 11 is 1.40. The molecule has 220 valence electrons. The van der Waals surface area contributed by atoms with Gasteiger partial charge in [-0.3, -0.25) is 14.3 Å². The lowest BCUT2D eigenvalue weighted by molar-refractivity contribution is 0.208. The average Bonchev–Trinajstić information content (AvgIpc) is 3.69. The first-order valence-corrected chi connectivity index (χ1v) is 15.3. The minimum atomic E-state index is -0.123. The maximum absolute atomic E-state index is 14.2. The zero-order chi connectivity index (χ0) is 30.0. The highest BCUT2D eigenvalue weighted by Gasteiger charge is 2.21. The standard InChI is InChI=1S/C34H31N7O2S/c1-22-5-3-4-6-29(22)30-17-24-18-36-34(38-26-7-9-27(10-8-26)43-28-13-16-40(2)21-28)39-32(24)41(33(30)42)20-25-19-37-44-31(25)23-11-14-35-15-12-23/h3-12,14-15,17-19,28H,13,16,20-21H2,1-2H3,(H,36,38,39). The van der Waals surface area contributed by atoms with E-state index in [1.54, 1.807) is 23.2 Å². The van der Waals surface area contributed by atoms with Gasteiger partial charge in [0.2, 0.25) is 5.95 Å². The largest absolute Gasteiger partial charge is 0.489 e. The molecule has 0 aliphatic carbocycles. The number of aromatic nitrogens is 5. The maximum Gasteiger partial charge on any atom is 0.260 e. The van der Waals surface area contributed by atoms with Crippen molar-refractivity contribution in [3.05, 3.63) is 113 Å². The van der Waals surface area contributed by atoms with E-state index in [-0.39, 0.29) is 11.7 Å². The van der Waals surface area contributed by atoms with Crippen LogP contribution in [0.2, 0.25) is 0 Å². The summed E-state index contributed by atoms with van der Waals surface area (Å²) in [5.74, 6) is 1.24. The number of ether oxygens (including phenoxy) is 1. The molecule has 4 aromatic heterocycles. The molecule has 1 aliphatic heterocycles. The highest BCUT2D eigenvalue weighted by molar-refractivity contribution is 7.09. The van der Waals surface area contributed by atoms with Crippen molar-refractivity contribution in [1.29, 1.82) is 0 Å². The first-order valence-electron chi connectivity index (χ1n) is 14.5. The second kappa shape index (κ2) is 12.0. The van der Waals surface area contributed by atoms with Gasteiger partial charge in [0.1, 0.15) is 17.5 Å². The van der Waals surface area contributed by atoms with Gasteiger partial charge in [0, 0.05) is 60.1 Å². The first-order chi connectivity index (χ1) is 21.5. The molecule has 5 heterocycles. The molecule has 1 aliphatic rings. The molecule has 6 aromatic rings. The summed E-state index contributed by atoms with van der Waals surface area (Å²) in [6.07, 6.45) is 8.35. The fourth-order valence-electron chi connectivity index (χ4n) is 5.65. The zero-order valence-corrected chi connectivity index (χ0v) is 25.3. The summed E-state index contributed by atoms with van der Waals surface area (Å²) in [5.41, 5.74) is 5.71. The number of rotatable bonds is 8. The smallest absolute Gasteiger partial charge is 0.260 e. The predicted octanol–water partition coefficient (Wildman–Crippen LogP) is 6.16. The molecule has 44 heavy (non-hydrogen) atoms. The number of fused-ring (bicyclic) bond motifs is 1. The second-order valence-electron chi connectivity index (χ2n) is 11.1. The van der Waals surface area contributed by atoms with Gasteiger partial charge in [0.05, 0.1) is 11.4 Å². The van der Waals surface area contributed by atoms with Crippen LogP contribution >= 0.6 is 11.5 Å². The minimum Gasteiger partial charge on any atom is -0.489 e. The molecule has 1 unspecified atom stereocenters. The number of nitrogens with one attached hydrogen (secondary N) is 1. The topological polar surface area (TPSA) is 98.1 Å². The Morgan fingerprint density at radius 2 is 1.84 bits per heavy atom. The van der Waals surface area contributed by atoms with Crippen molar-refractivity contribution in [2.24, 2.45) is 0 Å². The van der Waals surface area contributed by atoms with Gasteiger partial charge < -0.3 is 15.0 Å². The molecule has 0 spiro atoms. The van der Waals surface area contributed by atoms with Crippen molar-refractivity contribution >= 4 is 34.2 Å². The Morgan fingerprint density at radius 3 is 2.61 bits per heavy atom. The predicted molar refractivity (Wildman–Crippen MR) is 175 cm³/mol. The number of nitrogens with zero attached hydrogens (tertiary/aromatic N) is 6. The molecule has 0 saturated carbocycles. The summed E-state index contributed by atoms with van der Waals surface area (Å²) in [5, 5.41) is 4.07. The Morgan fingerprint density at radius 1 is 1.02 bits per heavy atom. The Bertz CT molecular complexity index is 1990. The fourth-order valence-corrected chi connectivity index (χ4v) is 6.41. The molecule has 0 radical (unpaired) electrons. The van der Waals surface area contributed by atoms with E-state index in [0.717, 1.165) is 63.5 Å². The Kier molecular flexibility index (Phi) is 7.59. The Balaban J connectivity index is 1.26. The van der Waals surface area contributed by atoms with Crippen LogP contribution in [0.5, 0.6) is 5.75 Å². The van der Waals surface area contributed by atoms with Crippen molar-refractivity contribution in [2.75, 3.05) is 25.5 Å². The van der Waals surface area contributed by atoms with Crippen LogP contribution in [0.15, 0.2) is 96.3 Å². The molecule has 0 bridgehead atoms. The average molecular weight is 602 g/mol. The molecule has 1 N–H and O–H groups in total. The number of hydrogen-bond donors (Lipinski definition) is 1. The third-order valence-corrected chi connectivity index (χ3v) is 8.83. The molecule has 10 heteroatoms. The van der Waals surface area contributed by atoms with Crippen LogP contribution in [0.1, 0.15) is 17.5 Å². The van der Waals surface area contributed by atoms with Gasteiger partial charge in [-0.2, -0.15) is 4.98 Å². The van der Waals surface area contributed by atoms with Crippen molar-refractivity contribution in [2.45, 2.75) is 26.0 Å². The van der Waals surface area contributed by atoms with E-state index < -0.39 is 0 Å². The molecule has 1 atom stereocenters. The third kappa shape index (κ3) is 5.69. The van der Waals surface area contributed by atoms with Gasteiger partial charge >= 0.3 is 0 Å². The van der Waals surface area contributed by atoms with Gasteiger partial charge in [-0.25, -0.2) is 9.36 Å². The van der Waals surface area contributed by atoms with E-state index in [4.69, 9.17) is 9.72 Å². The highest BCUT2D eigenvalue weighted by Crippen LogP contribution is 2.30. The summed E-state index contributed by atoms with van der Waals surface area (Å²) in [4.78, 5) is 31.1.